The van der Waals surface area contributed by atoms with Crippen molar-refractivity contribution in [2.45, 2.75) is 25.8 Å². The van der Waals surface area contributed by atoms with Crippen molar-refractivity contribution in [2.75, 3.05) is 25.6 Å². The van der Waals surface area contributed by atoms with E-state index < -0.39 is 10.0 Å². The van der Waals surface area contributed by atoms with Crippen LogP contribution in [-0.4, -0.2) is 45.0 Å². The standard InChI is InChI=1S/C20H26N2O4S/c1-2-12-27(23,24)22-20-9-11-25-14-18(20)15-26-19-7-5-16(6-8-19)17-4-3-10-21-13-17/h3-8,10,13,18,20,22H,2,9,11-12,14-15H2,1H3. The van der Waals surface area contributed by atoms with Crippen LogP contribution in [0.3, 0.4) is 0 Å². The number of sulfonamides is 1. The van der Waals surface area contributed by atoms with Crippen LogP contribution in [0.15, 0.2) is 48.8 Å². The molecule has 27 heavy (non-hydrogen) atoms. The summed E-state index contributed by atoms with van der Waals surface area (Å²) in [6.07, 6.45) is 4.83. The van der Waals surface area contributed by atoms with Crippen LogP contribution in [0.25, 0.3) is 11.1 Å². The monoisotopic (exact) mass is 390 g/mol. The molecule has 0 radical (unpaired) electrons. The Morgan fingerprint density at radius 3 is 2.74 bits per heavy atom. The number of aromatic nitrogens is 1. The van der Waals surface area contributed by atoms with E-state index in [0.717, 1.165) is 16.9 Å². The molecule has 0 aliphatic carbocycles. The maximum absolute atomic E-state index is 12.1. The van der Waals surface area contributed by atoms with Gasteiger partial charge >= 0.3 is 0 Å². The Kier molecular flexibility index (Phi) is 6.82. The van der Waals surface area contributed by atoms with Crippen LogP contribution >= 0.6 is 0 Å². The van der Waals surface area contributed by atoms with E-state index in [0.29, 0.717) is 32.7 Å². The second-order valence-corrected chi connectivity index (χ2v) is 8.62. The highest BCUT2D eigenvalue weighted by Crippen LogP contribution is 2.23. The molecule has 6 nitrogen and oxygen atoms in total. The average molecular weight is 391 g/mol. The van der Waals surface area contributed by atoms with Crippen LogP contribution in [0.4, 0.5) is 0 Å². The molecule has 1 aliphatic heterocycles. The summed E-state index contributed by atoms with van der Waals surface area (Å²) in [4.78, 5) is 4.13. The van der Waals surface area contributed by atoms with Crippen LogP contribution in [0.5, 0.6) is 5.75 Å². The number of rotatable bonds is 8. The fraction of sp³-hybridized carbons (Fsp3) is 0.450. The van der Waals surface area contributed by atoms with Crippen LogP contribution in [0, 0.1) is 5.92 Å². The van der Waals surface area contributed by atoms with Gasteiger partial charge in [0.15, 0.2) is 0 Å². The maximum atomic E-state index is 12.1. The third-order valence-electron chi connectivity index (χ3n) is 4.59. The van der Waals surface area contributed by atoms with E-state index in [2.05, 4.69) is 9.71 Å². The number of pyridine rings is 1. The highest BCUT2D eigenvalue weighted by atomic mass is 32.2. The molecule has 1 fully saturated rings. The maximum Gasteiger partial charge on any atom is 0.211 e. The number of nitrogens with one attached hydrogen (secondary N) is 1. The summed E-state index contributed by atoms with van der Waals surface area (Å²) in [6, 6.07) is 11.6. The molecule has 3 rings (SSSR count). The van der Waals surface area contributed by atoms with Crippen molar-refractivity contribution in [3.63, 3.8) is 0 Å². The first kappa shape index (κ1) is 19.8. The highest BCUT2D eigenvalue weighted by Gasteiger charge is 2.29. The van der Waals surface area contributed by atoms with E-state index in [1.54, 1.807) is 6.20 Å². The lowest BCUT2D eigenvalue weighted by molar-refractivity contribution is 0.0186. The van der Waals surface area contributed by atoms with E-state index in [1.165, 1.54) is 0 Å². The fourth-order valence-corrected chi connectivity index (χ4v) is 4.58. The van der Waals surface area contributed by atoms with Gasteiger partial charge in [-0.1, -0.05) is 25.1 Å². The lowest BCUT2D eigenvalue weighted by atomic mass is 9.98. The third-order valence-corrected chi connectivity index (χ3v) is 6.20. The highest BCUT2D eigenvalue weighted by molar-refractivity contribution is 7.89. The van der Waals surface area contributed by atoms with Crippen molar-refractivity contribution in [3.8, 4) is 16.9 Å². The van der Waals surface area contributed by atoms with Gasteiger partial charge in [0.1, 0.15) is 5.75 Å². The summed E-state index contributed by atoms with van der Waals surface area (Å²) in [5, 5.41) is 0. The molecule has 2 heterocycles. The molecule has 0 bridgehead atoms. The van der Waals surface area contributed by atoms with Gasteiger partial charge in [0.2, 0.25) is 10.0 Å². The lowest BCUT2D eigenvalue weighted by Crippen LogP contribution is -2.48. The van der Waals surface area contributed by atoms with E-state index in [-0.39, 0.29) is 17.7 Å². The largest absolute Gasteiger partial charge is 0.493 e. The first-order valence-corrected chi connectivity index (χ1v) is 10.9. The summed E-state index contributed by atoms with van der Waals surface area (Å²) in [5.41, 5.74) is 2.12. The van der Waals surface area contributed by atoms with Gasteiger partial charge < -0.3 is 9.47 Å². The van der Waals surface area contributed by atoms with Gasteiger partial charge in [-0.3, -0.25) is 4.98 Å². The van der Waals surface area contributed by atoms with Crippen molar-refractivity contribution >= 4 is 10.0 Å². The topological polar surface area (TPSA) is 77.5 Å². The van der Waals surface area contributed by atoms with Crippen molar-refractivity contribution in [3.05, 3.63) is 48.8 Å². The van der Waals surface area contributed by atoms with Gasteiger partial charge in [0.25, 0.3) is 0 Å². The molecule has 0 spiro atoms. The van der Waals surface area contributed by atoms with Gasteiger partial charge in [-0.25, -0.2) is 13.1 Å². The molecule has 0 amide bonds. The lowest BCUT2D eigenvalue weighted by Gasteiger charge is -2.31. The summed E-state index contributed by atoms with van der Waals surface area (Å²) in [6.45, 7) is 3.33. The minimum atomic E-state index is -3.25. The molecule has 0 saturated carbocycles. The molecular formula is C20H26N2O4S. The predicted molar refractivity (Wildman–Crippen MR) is 105 cm³/mol. The normalized spacial score (nSPS) is 20.3. The fourth-order valence-electron chi connectivity index (χ4n) is 3.15. The second kappa shape index (κ2) is 9.30. The van der Waals surface area contributed by atoms with E-state index in [1.807, 2.05) is 49.5 Å². The van der Waals surface area contributed by atoms with Gasteiger partial charge in [0.05, 0.1) is 19.0 Å². The van der Waals surface area contributed by atoms with Crippen LogP contribution in [-0.2, 0) is 14.8 Å². The number of ether oxygens (including phenoxy) is 2. The molecule has 1 N–H and O–H groups in total. The van der Waals surface area contributed by atoms with Crippen molar-refractivity contribution in [2.24, 2.45) is 5.92 Å². The molecule has 1 aromatic heterocycles. The molecule has 1 saturated heterocycles. The Morgan fingerprint density at radius 1 is 1.22 bits per heavy atom. The molecule has 2 aromatic rings. The van der Waals surface area contributed by atoms with Crippen LogP contribution in [0.1, 0.15) is 19.8 Å². The second-order valence-electron chi connectivity index (χ2n) is 6.74. The Hall–Kier alpha value is -1.96. The quantitative estimate of drug-likeness (QED) is 0.750. The molecule has 2 atom stereocenters. The van der Waals surface area contributed by atoms with Crippen molar-refractivity contribution in [1.82, 2.24) is 9.71 Å². The Balaban J connectivity index is 1.59. The number of hydrogen-bond donors (Lipinski definition) is 1. The van der Waals surface area contributed by atoms with E-state index in [4.69, 9.17) is 9.47 Å². The molecule has 1 aliphatic rings. The molecule has 1 aromatic carbocycles. The summed E-state index contributed by atoms with van der Waals surface area (Å²) in [7, 11) is -3.25. The molecule has 146 valence electrons. The number of benzene rings is 1. The number of nitrogens with zero attached hydrogens (tertiary/aromatic N) is 1. The zero-order valence-corrected chi connectivity index (χ0v) is 16.3. The van der Waals surface area contributed by atoms with Crippen LogP contribution < -0.4 is 9.46 Å². The average Bonchev–Trinajstić information content (AvgIpc) is 2.68. The van der Waals surface area contributed by atoms with Gasteiger partial charge in [0, 0.05) is 31.0 Å². The minimum absolute atomic E-state index is 0.0108. The SMILES string of the molecule is CCCS(=O)(=O)NC1CCOCC1COc1ccc(-c2cccnc2)cc1. The summed E-state index contributed by atoms with van der Waals surface area (Å²) >= 11 is 0. The molecular weight excluding hydrogens is 364 g/mol. The predicted octanol–water partition coefficient (Wildman–Crippen LogP) is 2.86. The minimum Gasteiger partial charge on any atom is -0.493 e. The Morgan fingerprint density at radius 2 is 2.04 bits per heavy atom. The van der Waals surface area contributed by atoms with E-state index >= 15 is 0 Å². The zero-order valence-electron chi connectivity index (χ0n) is 15.5. The molecule has 2 unspecified atom stereocenters. The summed E-state index contributed by atoms with van der Waals surface area (Å²) in [5.74, 6) is 0.889. The van der Waals surface area contributed by atoms with E-state index in [9.17, 15) is 8.42 Å². The smallest absolute Gasteiger partial charge is 0.211 e. The van der Waals surface area contributed by atoms with Crippen LogP contribution in [0.2, 0.25) is 0 Å². The zero-order chi connectivity index (χ0) is 19.1. The molecule has 7 heteroatoms. The summed E-state index contributed by atoms with van der Waals surface area (Å²) < 4.78 is 38.4. The Bertz CT molecular complexity index is 810. The van der Waals surface area contributed by atoms with Crippen molar-refractivity contribution < 1.29 is 17.9 Å². The first-order chi connectivity index (χ1) is 13.1. The van der Waals surface area contributed by atoms with Gasteiger partial charge in [-0.2, -0.15) is 0 Å². The number of hydrogen-bond acceptors (Lipinski definition) is 5. The van der Waals surface area contributed by atoms with Crippen molar-refractivity contribution in [1.29, 1.82) is 0 Å². The first-order valence-electron chi connectivity index (χ1n) is 9.28. The van der Waals surface area contributed by atoms with Gasteiger partial charge in [-0.15, -0.1) is 0 Å². The Labute approximate surface area is 161 Å². The third kappa shape index (κ3) is 5.76. The van der Waals surface area contributed by atoms with Gasteiger partial charge in [-0.05, 0) is 42.2 Å².